The second-order valence-corrected chi connectivity index (χ2v) is 9.96. The lowest BCUT2D eigenvalue weighted by molar-refractivity contribution is 0.105. The molecule has 3 heteroatoms. The molecule has 1 atom stereocenters. The van der Waals surface area contributed by atoms with Gasteiger partial charge in [0.2, 0.25) is 0 Å². The van der Waals surface area contributed by atoms with Crippen LogP contribution in [0.4, 0.5) is 0 Å². The van der Waals surface area contributed by atoms with Crippen molar-refractivity contribution >= 4 is 8.32 Å². The van der Waals surface area contributed by atoms with E-state index in [9.17, 15) is 0 Å². The van der Waals surface area contributed by atoms with Gasteiger partial charge in [0, 0.05) is 0 Å². The monoisotopic (exact) mass is 216 g/mol. The number of hydrogen-bond donors (Lipinski definition) is 1. The molecular weight excluding hydrogens is 192 g/mol. The van der Waals surface area contributed by atoms with E-state index in [4.69, 9.17) is 9.53 Å². The van der Waals surface area contributed by atoms with E-state index in [1.165, 1.54) is 0 Å². The molecule has 0 aliphatic rings. The van der Waals surface area contributed by atoms with E-state index in [-0.39, 0.29) is 17.7 Å². The van der Waals surface area contributed by atoms with Crippen molar-refractivity contribution < 1.29 is 9.53 Å². The van der Waals surface area contributed by atoms with Crippen LogP contribution in [0.15, 0.2) is 12.7 Å². The van der Waals surface area contributed by atoms with Crippen molar-refractivity contribution in [2.75, 3.05) is 6.61 Å². The zero-order valence-corrected chi connectivity index (χ0v) is 11.1. The van der Waals surface area contributed by atoms with Gasteiger partial charge in [0.25, 0.3) is 0 Å². The molecule has 14 heavy (non-hydrogen) atoms. The molecule has 0 aromatic carbocycles. The Balaban J connectivity index is 4.39. The second-order valence-electron chi connectivity index (χ2n) is 5.21. The Bertz CT molecular complexity index is 182. The van der Waals surface area contributed by atoms with E-state index in [0.717, 1.165) is 6.42 Å². The van der Waals surface area contributed by atoms with Crippen LogP contribution in [0.2, 0.25) is 18.1 Å². The molecule has 0 rings (SSSR count). The molecule has 0 aromatic rings. The van der Waals surface area contributed by atoms with Gasteiger partial charge in [-0.1, -0.05) is 26.8 Å². The van der Waals surface area contributed by atoms with Gasteiger partial charge in [0.15, 0.2) is 8.32 Å². The van der Waals surface area contributed by atoms with Gasteiger partial charge in [-0.3, -0.25) is 0 Å². The van der Waals surface area contributed by atoms with Crippen molar-refractivity contribution in [3.05, 3.63) is 12.7 Å². The number of aliphatic hydroxyl groups is 1. The zero-order chi connectivity index (χ0) is 11.4. The van der Waals surface area contributed by atoms with Gasteiger partial charge in [0.05, 0.1) is 12.7 Å². The maximum Gasteiger partial charge on any atom is 0.192 e. The van der Waals surface area contributed by atoms with Crippen molar-refractivity contribution in [2.45, 2.75) is 51.4 Å². The summed E-state index contributed by atoms with van der Waals surface area (Å²) in [7, 11) is -1.73. The quantitative estimate of drug-likeness (QED) is 0.565. The summed E-state index contributed by atoms with van der Waals surface area (Å²) in [6.07, 6.45) is 2.45. The molecule has 0 radical (unpaired) electrons. The predicted molar refractivity (Wildman–Crippen MR) is 64.0 cm³/mol. The number of aliphatic hydroxyl groups excluding tert-OH is 1. The summed E-state index contributed by atoms with van der Waals surface area (Å²) in [5.41, 5.74) is 0. The van der Waals surface area contributed by atoms with Crippen molar-refractivity contribution in [3.63, 3.8) is 0 Å². The highest BCUT2D eigenvalue weighted by molar-refractivity contribution is 6.74. The van der Waals surface area contributed by atoms with Gasteiger partial charge in [0.1, 0.15) is 0 Å². The minimum atomic E-state index is -1.73. The van der Waals surface area contributed by atoms with Crippen molar-refractivity contribution in [1.29, 1.82) is 0 Å². The first-order chi connectivity index (χ1) is 6.24. The molecule has 0 aliphatic carbocycles. The summed E-state index contributed by atoms with van der Waals surface area (Å²) in [6.45, 7) is 14.7. The van der Waals surface area contributed by atoms with E-state index in [2.05, 4.69) is 40.4 Å². The van der Waals surface area contributed by atoms with Crippen LogP contribution < -0.4 is 0 Å². The minimum Gasteiger partial charge on any atom is -0.411 e. The first-order valence-electron chi connectivity index (χ1n) is 5.14. The largest absolute Gasteiger partial charge is 0.411 e. The van der Waals surface area contributed by atoms with E-state index >= 15 is 0 Å². The molecule has 0 amide bonds. The summed E-state index contributed by atoms with van der Waals surface area (Å²) < 4.78 is 6.01. The Morgan fingerprint density at radius 2 is 1.93 bits per heavy atom. The first kappa shape index (κ1) is 13.9. The molecule has 0 aliphatic heterocycles. The van der Waals surface area contributed by atoms with Gasteiger partial charge < -0.3 is 9.53 Å². The highest BCUT2D eigenvalue weighted by Crippen LogP contribution is 2.37. The lowest BCUT2D eigenvalue weighted by atomic mass is 10.2. The molecule has 0 fully saturated rings. The van der Waals surface area contributed by atoms with Gasteiger partial charge in [-0.2, -0.15) is 0 Å². The number of hydrogen-bond acceptors (Lipinski definition) is 2. The first-order valence-corrected chi connectivity index (χ1v) is 8.05. The number of rotatable bonds is 5. The molecule has 1 N–H and O–H groups in total. The van der Waals surface area contributed by atoms with Crippen LogP contribution in [0.5, 0.6) is 0 Å². The Morgan fingerprint density at radius 1 is 1.43 bits per heavy atom. The molecule has 0 spiro atoms. The molecule has 84 valence electrons. The lowest BCUT2D eigenvalue weighted by Gasteiger charge is -2.38. The third-order valence-corrected chi connectivity index (χ3v) is 7.44. The Kier molecular flexibility index (Phi) is 5.05. The van der Waals surface area contributed by atoms with Crippen molar-refractivity contribution in [3.8, 4) is 0 Å². The van der Waals surface area contributed by atoms with E-state index in [1.807, 2.05) is 0 Å². The third-order valence-electron chi connectivity index (χ3n) is 2.90. The highest BCUT2D eigenvalue weighted by atomic mass is 28.4. The summed E-state index contributed by atoms with van der Waals surface area (Å²) in [6, 6.07) is 0. The molecule has 0 unspecified atom stereocenters. The van der Waals surface area contributed by atoms with Crippen LogP contribution in [0, 0.1) is 0 Å². The summed E-state index contributed by atoms with van der Waals surface area (Å²) in [5.74, 6) is 0. The fraction of sp³-hybridized carbons (Fsp3) is 0.818. The molecule has 0 aromatic heterocycles. The van der Waals surface area contributed by atoms with Crippen LogP contribution in [0.3, 0.4) is 0 Å². The van der Waals surface area contributed by atoms with Crippen LogP contribution in [-0.2, 0) is 4.43 Å². The van der Waals surface area contributed by atoms with Gasteiger partial charge in [-0.15, -0.1) is 6.58 Å². The predicted octanol–water partition coefficient (Wildman–Crippen LogP) is 2.95. The SMILES string of the molecule is C=CC[C@@H](CO)O[Si](C)(C)C(C)(C)C. The van der Waals surface area contributed by atoms with Gasteiger partial charge in [-0.25, -0.2) is 0 Å². The van der Waals surface area contributed by atoms with E-state index < -0.39 is 8.32 Å². The lowest BCUT2D eigenvalue weighted by Crippen LogP contribution is -2.44. The third kappa shape index (κ3) is 3.94. The minimum absolute atomic E-state index is 0.0756. The van der Waals surface area contributed by atoms with Gasteiger partial charge in [-0.05, 0) is 24.6 Å². The van der Waals surface area contributed by atoms with Crippen LogP contribution >= 0.6 is 0 Å². The van der Waals surface area contributed by atoms with Crippen LogP contribution in [-0.4, -0.2) is 26.1 Å². The topological polar surface area (TPSA) is 29.5 Å². The zero-order valence-electron chi connectivity index (χ0n) is 10.1. The average Bonchev–Trinajstić information content (AvgIpc) is 2.01. The Morgan fingerprint density at radius 3 is 2.21 bits per heavy atom. The Hall–Kier alpha value is -0.123. The highest BCUT2D eigenvalue weighted by Gasteiger charge is 2.38. The molecule has 2 nitrogen and oxygen atoms in total. The molecule has 0 bridgehead atoms. The Labute approximate surface area is 89.1 Å². The average molecular weight is 216 g/mol. The fourth-order valence-electron chi connectivity index (χ4n) is 0.939. The van der Waals surface area contributed by atoms with Crippen molar-refractivity contribution in [2.24, 2.45) is 0 Å². The molecular formula is C11H24O2Si. The summed E-state index contributed by atoms with van der Waals surface area (Å²) >= 11 is 0. The standard InChI is InChI=1S/C11H24O2Si/c1-7-8-10(9-12)13-14(5,6)11(2,3)4/h7,10,12H,1,8-9H2,2-6H3/t10-/m0/s1. The van der Waals surface area contributed by atoms with Crippen LogP contribution in [0.25, 0.3) is 0 Å². The van der Waals surface area contributed by atoms with E-state index in [0.29, 0.717) is 0 Å². The molecule has 0 saturated carbocycles. The van der Waals surface area contributed by atoms with Gasteiger partial charge >= 0.3 is 0 Å². The normalized spacial score (nSPS) is 15.3. The summed E-state index contributed by atoms with van der Waals surface area (Å²) in [4.78, 5) is 0. The van der Waals surface area contributed by atoms with Crippen molar-refractivity contribution in [1.82, 2.24) is 0 Å². The summed E-state index contributed by atoms with van der Waals surface area (Å²) in [5, 5.41) is 9.33. The molecule has 0 heterocycles. The second kappa shape index (κ2) is 5.10. The smallest absolute Gasteiger partial charge is 0.192 e. The molecule has 0 saturated heterocycles. The van der Waals surface area contributed by atoms with Crippen LogP contribution in [0.1, 0.15) is 27.2 Å². The maximum atomic E-state index is 9.14. The van der Waals surface area contributed by atoms with E-state index in [1.54, 1.807) is 6.08 Å². The maximum absolute atomic E-state index is 9.14. The fourth-order valence-corrected chi connectivity index (χ4v) is 2.30.